The smallest absolute Gasteiger partial charge is 0.258 e. The van der Waals surface area contributed by atoms with Crippen molar-refractivity contribution in [1.82, 2.24) is 25.1 Å². The Labute approximate surface area is 201 Å². The molecule has 0 bridgehead atoms. The van der Waals surface area contributed by atoms with E-state index in [2.05, 4.69) is 20.6 Å². The summed E-state index contributed by atoms with van der Waals surface area (Å²) in [6.07, 6.45) is 0. The van der Waals surface area contributed by atoms with Crippen molar-refractivity contribution in [3.63, 3.8) is 0 Å². The Hall–Kier alpha value is -4.54. The predicted octanol–water partition coefficient (Wildman–Crippen LogP) is 2.39. The fourth-order valence-corrected chi connectivity index (χ4v) is 3.28. The third-order valence-electron chi connectivity index (χ3n) is 4.99. The van der Waals surface area contributed by atoms with E-state index in [0.717, 1.165) is 0 Å². The molecule has 2 heterocycles. The molecule has 0 aliphatic heterocycles. The Kier molecular flexibility index (Phi) is 7.46. The molecule has 0 unspecified atom stereocenters. The molecule has 0 spiro atoms. The standard InChI is InChI=1S/C24H25N5O6/c1-31-16-8-9-18(32-2)17(14-16)24-27-26-21-10-11-23(28-29(21)24)34-13-12-25-22(30)15-35-20-7-5-4-6-19(20)33-3/h4-11,14H,12-13,15H2,1-3H3,(H,25,30). The summed E-state index contributed by atoms with van der Waals surface area (Å²) in [7, 11) is 4.70. The van der Waals surface area contributed by atoms with E-state index in [9.17, 15) is 4.79 Å². The number of carbonyl (C=O) groups excluding carboxylic acids is 1. The number of para-hydroxylation sites is 2. The van der Waals surface area contributed by atoms with Crippen molar-refractivity contribution in [2.45, 2.75) is 0 Å². The monoisotopic (exact) mass is 479 g/mol. The fraction of sp³-hybridized carbons (Fsp3) is 0.250. The first-order valence-electron chi connectivity index (χ1n) is 10.7. The number of hydrogen-bond donors (Lipinski definition) is 1. The number of ether oxygens (including phenoxy) is 5. The second-order valence-corrected chi connectivity index (χ2v) is 7.17. The highest BCUT2D eigenvalue weighted by molar-refractivity contribution is 5.77. The Morgan fingerprint density at radius 2 is 1.69 bits per heavy atom. The fourth-order valence-electron chi connectivity index (χ4n) is 3.28. The van der Waals surface area contributed by atoms with Crippen LogP contribution in [0, 0.1) is 0 Å². The van der Waals surface area contributed by atoms with Crippen molar-refractivity contribution >= 4 is 11.6 Å². The summed E-state index contributed by atoms with van der Waals surface area (Å²) in [5, 5.41) is 15.6. The topological polar surface area (TPSA) is 118 Å². The zero-order valence-corrected chi connectivity index (χ0v) is 19.6. The van der Waals surface area contributed by atoms with Crippen molar-refractivity contribution in [1.29, 1.82) is 0 Å². The van der Waals surface area contributed by atoms with Crippen LogP contribution in [0.5, 0.6) is 28.9 Å². The summed E-state index contributed by atoms with van der Waals surface area (Å²) in [5.41, 5.74) is 1.21. The Balaban J connectivity index is 1.35. The molecule has 35 heavy (non-hydrogen) atoms. The van der Waals surface area contributed by atoms with Gasteiger partial charge in [0.05, 0.1) is 33.4 Å². The summed E-state index contributed by atoms with van der Waals surface area (Å²) in [6, 6.07) is 15.9. The maximum atomic E-state index is 12.1. The molecular formula is C24H25N5O6. The van der Waals surface area contributed by atoms with Gasteiger partial charge in [0.2, 0.25) is 5.88 Å². The largest absolute Gasteiger partial charge is 0.497 e. The van der Waals surface area contributed by atoms with Gasteiger partial charge in [0.15, 0.2) is 29.6 Å². The van der Waals surface area contributed by atoms with Gasteiger partial charge in [-0.05, 0) is 36.4 Å². The van der Waals surface area contributed by atoms with Crippen molar-refractivity contribution in [3.8, 4) is 40.3 Å². The number of rotatable bonds is 11. The van der Waals surface area contributed by atoms with Crippen LogP contribution in [0.3, 0.4) is 0 Å². The number of amides is 1. The molecule has 11 nitrogen and oxygen atoms in total. The second kappa shape index (κ2) is 11.1. The normalized spacial score (nSPS) is 10.6. The minimum Gasteiger partial charge on any atom is -0.497 e. The molecule has 11 heteroatoms. The molecule has 4 aromatic rings. The van der Waals surface area contributed by atoms with Crippen LogP contribution in [0.25, 0.3) is 17.0 Å². The lowest BCUT2D eigenvalue weighted by Crippen LogP contribution is -2.32. The molecule has 1 N–H and O–H groups in total. The molecule has 0 saturated carbocycles. The minimum atomic E-state index is -0.283. The lowest BCUT2D eigenvalue weighted by molar-refractivity contribution is -0.123. The van der Waals surface area contributed by atoms with Gasteiger partial charge in [-0.2, -0.15) is 4.52 Å². The maximum absolute atomic E-state index is 12.1. The van der Waals surface area contributed by atoms with Crippen LogP contribution >= 0.6 is 0 Å². The molecule has 0 fully saturated rings. The molecule has 0 aliphatic carbocycles. The van der Waals surface area contributed by atoms with Crippen molar-refractivity contribution < 1.29 is 28.5 Å². The van der Waals surface area contributed by atoms with Crippen LogP contribution < -0.4 is 29.0 Å². The van der Waals surface area contributed by atoms with Gasteiger partial charge in [0.1, 0.15) is 18.1 Å². The van der Waals surface area contributed by atoms with Gasteiger partial charge in [-0.3, -0.25) is 4.79 Å². The molecule has 0 saturated heterocycles. The predicted molar refractivity (Wildman–Crippen MR) is 126 cm³/mol. The van der Waals surface area contributed by atoms with Gasteiger partial charge in [0, 0.05) is 6.07 Å². The molecule has 182 valence electrons. The number of aromatic nitrogens is 4. The van der Waals surface area contributed by atoms with Crippen LogP contribution in [0.4, 0.5) is 0 Å². The average molecular weight is 479 g/mol. The molecule has 0 radical (unpaired) electrons. The highest BCUT2D eigenvalue weighted by Crippen LogP contribution is 2.32. The first kappa shape index (κ1) is 23.6. The number of carbonyl (C=O) groups is 1. The highest BCUT2D eigenvalue weighted by atomic mass is 16.5. The first-order valence-corrected chi connectivity index (χ1v) is 10.7. The summed E-state index contributed by atoms with van der Waals surface area (Å²) >= 11 is 0. The van der Waals surface area contributed by atoms with Crippen LogP contribution in [0.15, 0.2) is 54.6 Å². The van der Waals surface area contributed by atoms with Crippen molar-refractivity contribution in [2.75, 3.05) is 41.1 Å². The Morgan fingerprint density at radius 1 is 0.886 bits per heavy atom. The van der Waals surface area contributed by atoms with Crippen LogP contribution in [0.2, 0.25) is 0 Å². The zero-order chi connectivity index (χ0) is 24.6. The van der Waals surface area contributed by atoms with E-state index in [1.165, 1.54) is 0 Å². The molecule has 2 aromatic carbocycles. The second-order valence-electron chi connectivity index (χ2n) is 7.17. The quantitative estimate of drug-likeness (QED) is 0.324. The third-order valence-corrected chi connectivity index (χ3v) is 4.99. The van der Waals surface area contributed by atoms with Gasteiger partial charge >= 0.3 is 0 Å². The van der Waals surface area contributed by atoms with E-state index in [4.69, 9.17) is 23.7 Å². The molecular weight excluding hydrogens is 454 g/mol. The number of nitrogens with zero attached hydrogens (tertiary/aromatic N) is 4. The SMILES string of the molecule is COc1ccc(OC)c(-c2nnc3ccc(OCCNC(=O)COc4ccccc4OC)nn23)c1. The van der Waals surface area contributed by atoms with Crippen LogP contribution in [0.1, 0.15) is 0 Å². The molecule has 2 aromatic heterocycles. The summed E-state index contributed by atoms with van der Waals surface area (Å²) in [5.74, 6) is 2.85. The summed E-state index contributed by atoms with van der Waals surface area (Å²) < 4.78 is 28.8. The third kappa shape index (κ3) is 5.52. The average Bonchev–Trinajstić information content (AvgIpc) is 3.32. The summed E-state index contributed by atoms with van der Waals surface area (Å²) in [4.78, 5) is 12.1. The van der Waals surface area contributed by atoms with E-state index in [1.807, 2.05) is 6.07 Å². The molecule has 0 atom stereocenters. The number of benzene rings is 2. The van der Waals surface area contributed by atoms with Crippen molar-refractivity contribution in [2.24, 2.45) is 0 Å². The van der Waals surface area contributed by atoms with E-state index in [1.54, 1.807) is 74.4 Å². The van der Waals surface area contributed by atoms with Gasteiger partial charge in [0.25, 0.3) is 5.91 Å². The molecule has 0 aliphatic rings. The van der Waals surface area contributed by atoms with E-state index in [0.29, 0.717) is 45.9 Å². The lowest BCUT2D eigenvalue weighted by atomic mass is 10.2. The van der Waals surface area contributed by atoms with E-state index in [-0.39, 0.29) is 25.7 Å². The van der Waals surface area contributed by atoms with Gasteiger partial charge < -0.3 is 29.0 Å². The van der Waals surface area contributed by atoms with Crippen LogP contribution in [-0.2, 0) is 4.79 Å². The van der Waals surface area contributed by atoms with Gasteiger partial charge in [-0.15, -0.1) is 15.3 Å². The lowest BCUT2D eigenvalue weighted by Gasteiger charge is -2.11. The summed E-state index contributed by atoms with van der Waals surface area (Å²) in [6.45, 7) is 0.336. The maximum Gasteiger partial charge on any atom is 0.258 e. The number of nitrogens with one attached hydrogen (secondary N) is 1. The Morgan fingerprint density at radius 3 is 2.46 bits per heavy atom. The van der Waals surface area contributed by atoms with Crippen LogP contribution in [-0.4, -0.2) is 66.8 Å². The Bertz CT molecular complexity index is 1310. The highest BCUT2D eigenvalue weighted by Gasteiger charge is 2.16. The van der Waals surface area contributed by atoms with E-state index < -0.39 is 0 Å². The van der Waals surface area contributed by atoms with E-state index >= 15 is 0 Å². The van der Waals surface area contributed by atoms with Gasteiger partial charge in [-0.1, -0.05) is 12.1 Å². The van der Waals surface area contributed by atoms with Gasteiger partial charge in [-0.25, -0.2) is 0 Å². The molecule has 1 amide bonds. The minimum absolute atomic E-state index is 0.142. The zero-order valence-electron chi connectivity index (χ0n) is 19.6. The number of fused-ring (bicyclic) bond motifs is 1. The first-order chi connectivity index (χ1) is 17.1. The number of hydrogen-bond acceptors (Lipinski definition) is 9. The molecule has 4 rings (SSSR count). The number of methoxy groups -OCH3 is 3. The van der Waals surface area contributed by atoms with Crippen molar-refractivity contribution in [3.05, 3.63) is 54.6 Å².